The summed E-state index contributed by atoms with van der Waals surface area (Å²) < 4.78 is 11.0. The third-order valence-corrected chi connectivity index (χ3v) is 2.57. The number of nitrogens with zero attached hydrogens (tertiary/aromatic N) is 1. The van der Waals surface area contributed by atoms with Gasteiger partial charge in [0, 0.05) is 12.2 Å². The van der Waals surface area contributed by atoms with Gasteiger partial charge in [0.15, 0.2) is 6.61 Å². The van der Waals surface area contributed by atoms with Crippen molar-refractivity contribution in [2.45, 2.75) is 18.9 Å². The topological polar surface area (TPSA) is 83.6 Å². The number of nitrogen functional groups attached to an aromatic ring is 1. The van der Waals surface area contributed by atoms with Gasteiger partial charge < -0.3 is 19.8 Å². The Morgan fingerprint density at radius 3 is 2.82 bits per heavy atom. The zero-order chi connectivity index (χ0) is 12.4. The van der Waals surface area contributed by atoms with E-state index in [0.717, 1.165) is 12.8 Å². The standard InChI is InChI=1S/C11H14N2O4/c1-16-10(14)6-17-11(15)9-4-7(12)5-13(9)8-2-3-8/h4-5,8H,2-3,6,12H2,1H3. The van der Waals surface area contributed by atoms with Gasteiger partial charge in [-0.05, 0) is 18.9 Å². The van der Waals surface area contributed by atoms with Crippen molar-refractivity contribution in [3.8, 4) is 0 Å². The molecule has 92 valence electrons. The molecule has 0 amide bonds. The van der Waals surface area contributed by atoms with Gasteiger partial charge in [-0.25, -0.2) is 9.59 Å². The molecular formula is C11H14N2O4. The second-order valence-electron chi connectivity index (χ2n) is 3.95. The van der Waals surface area contributed by atoms with Gasteiger partial charge >= 0.3 is 11.9 Å². The third kappa shape index (κ3) is 2.58. The first kappa shape index (κ1) is 11.5. The van der Waals surface area contributed by atoms with Crippen LogP contribution in [-0.4, -0.2) is 30.2 Å². The van der Waals surface area contributed by atoms with Crippen LogP contribution in [0.1, 0.15) is 29.4 Å². The van der Waals surface area contributed by atoms with E-state index >= 15 is 0 Å². The van der Waals surface area contributed by atoms with Crippen molar-refractivity contribution in [3.63, 3.8) is 0 Å². The molecule has 1 aliphatic carbocycles. The van der Waals surface area contributed by atoms with Crippen LogP contribution in [0.3, 0.4) is 0 Å². The number of esters is 2. The predicted octanol–water partition coefficient (Wildman–Crippen LogP) is 0.735. The zero-order valence-corrected chi connectivity index (χ0v) is 9.51. The maximum Gasteiger partial charge on any atom is 0.355 e. The molecule has 0 unspecified atom stereocenters. The summed E-state index contributed by atoms with van der Waals surface area (Å²) in [4.78, 5) is 22.6. The lowest BCUT2D eigenvalue weighted by Crippen LogP contribution is -2.17. The van der Waals surface area contributed by atoms with Crippen molar-refractivity contribution >= 4 is 17.6 Å². The first-order valence-electron chi connectivity index (χ1n) is 5.33. The molecule has 6 heteroatoms. The summed E-state index contributed by atoms with van der Waals surface area (Å²) >= 11 is 0. The van der Waals surface area contributed by atoms with E-state index in [1.165, 1.54) is 7.11 Å². The maximum atomic E-state index is 11.7. The van der Waals surface area contributed by atoms with Gasteiger partial charge in [-0.2, -0.15) is 0 Å². The van der Waals surface area contributed by atoms with Crippen LogP contribution in [-0.2, 0) is 14.3 Å². The molecule has 0 radical (unpaired) electrons. The van der Waals surface area contributed by atoms with Gasteiger partial charge in [-0.3, -0.25) is 0 Å². The van der Waals surface area contributed by atoms with Crippen LogP contribution in [0.2, 0.25) is 0 Å². The van der Waals surface area contributed by atoms with Crippen molar-refractivity contribution in [1.29, 1.82) is 0 Å². The first-order valence-corrected chi connectivity index (χ1v) is 5.33. The van der Waals surface area contributed by atoms with Crippen LogP contribution in [0.25, 0.3) is 0 Å². The fourth-order valence-electron chi connectivity index (χ4n) is 1.58. The number of carbonyl (C=O) groups is 2. The molecule has 2 N–H and O–H groups in total. The van der Waals surface area contributed by atoms with Crippen molar-refractivity contribution in [1.82, 2.24) is 4.57 Å². The zero-order valence-electron chi connectivity index (χ0n) is 9.51. The van der Waals surface area contributed by atoms with Crippen LogP contribution in [0, 0.1) is 0 Å². The van der Waals surface area contributed by atoms with Gasteiger partial charge in [0.1, 0.15) is 5.69 Å². The fourth-order valence-corrected chi connectivity index (χ4v) is 1.58. The lowest BCUT2D eigenvalue weighted by molar-refractivity contribution is -0.144. The molecule has 0 saturated heterocycles. The highest BCUT2D eigenvalue weighted by molar-refractivity contribution is 5.90. The Morgan fingerprint density at radius 1 is 1.53 bits per heavy atom. The number of hydrogen-bond acceptors (Lipinski definition) is 5. The van der Waals surface area contributed by atoms with Crippen LogP contribution in [0.4, 0.5) is 5.69 Å². The van der Waals surface area contributed by atoms with Crippen molar-refractivity contribution < 1.29 is 19.1 Å². The summed E-state index contributed by atoms with van der Waals surface area (Å²) in [6.07, 6.45) is 3.78. The summed E-state index contributed by atoms with van der Waals surface area (Å²) in [5, 5.41) is 0. The van der Waals surface area contributed by atoms with Crippen LogP contribution >= 0.6 is 0 Å². The minimum atomic E-state index is -0.587. The Bertz CT molecular complexity index is 448. The molecule has 17 heavy (non-hydrogen) atoms. The molecule has 1 fully saturated rings. The number of ether oxygens (including phenoxy) is 2. The summed E-state index contributed by atoms with van der Waals surface area (Å²) in [7, 11) is 1.24. The SMILES string of the molecule is COC(=O)COC(=O)c1cc(N)cn1C1CC1. The Hall–Kier alpha value is -1.98. The highest BCUT2D eigenvalue weighted by Gasteiger charge is 2.28. The maximum absolute atomic E-state index is 11.7. The Balaban J connectivity index is 2.05. The lowest BCUT2D eigenvalue weighted by atomic mass is 10.4. The third-order valence-electron chi connectivity index (χ3n) is 2.57. The number of carbonyl (C=O) groups excluding carboxylic acids is 2. The van der Waals surface area contributed by atoms with E-state index in [9.17, 15) is 9.59 Å². The Kier molecular flexibility index (Phi) is 3.03. The van der Waals surface area contributed by atoms with E-state index in [1.54, 1.807) is 16.8 Å². The number of aromatic nitrogens is 1. The molecule has 0 atom stereocenters. The molecule has 1 saturated carbocycles. The molecule has 1 aromatic rings. The van der Waals surface area contributed by atoms with Crippen LogP contribution in [0.15, 0.2) is 12.3 Å². The lowest BCUT2D eigenvalue weighted by Gasteiger charge is -2.06. The van der Waals surface area contributed by atoms with E-state index in [0.29, 0.717) is 17.4 Å². The number of anilines is 1. The van der Waals surface area contributed by atoms with E-state index in [-0.39, 0.29) is 6.61 Å². The van der Waals surface area contributed by atoms with E-state index in [4.69, 9.17) is 10.5 Å². The van der Waals surface area contributed by atoms with E-state index < -0.39 is 11.9 Å². The molecular weight excluding hydrogens is 224 g/mol. The minimum absolute atomic E-state index is 0.327. The van der Waals surface area contributed by atoms with Crippen molar-refractivity contribution in [2.24, 2.45) is 0 Å². The van der Waals surface area contributed by atoms with Gasteiger partial charge in [0.2, 0.25) is 0 Å². The molecule has 6 nitrogen and oxygen atoms in total. The predicted molar refractivity (Wildman–Crippen MR) is 59.4 cm³/mol. The van der Waals surface area contributed by atoms with Gasteiger partial charge in [-0.15, -0.1) is 0 Å². The number of rotatable bonds is 4. The molecule has 0 aliphatic heterocycles. The molecule has 2 rings (SSSR count). The van der Waals surface area contributed by atoms with Crippen LogP contribution < -0.4 is 5.73 Å². The van der Waals surface area contributed by atoms with Gasteiger partial charge in [0.05, 0.1) is 12.8 Å². The minimum Gasteiger partial charge on any atom is -0.466 e. The Morgan fingerprint density at radius 2 is 2.24 bits per heavy atom. The average Bonchev–Trinajstić information content (AvgIpc) is 3.09. The second kappa shape index (κ2) is 4.48. The first-order chi connectivity index (χ1) is 8.11. The molecule has 0 spiro atoms. The van der Waals surface area contributed by atoms with Crippen molar-refractivity contribution in [2.75, 3.05) is 19.5 Å². The summed E-state index contributed by atoms with van der Waals surface area (Å²) in [5.41, 5.74) is 6.54. The largest absolute Gasteiger partial charge is 0.466 e. The monoisotopic (exact) mass is 238 g/mol. The summed E-state index contributed by atoms with van der Waals surface area (Å²) in [5.74, 6) is -1.14. The Labute approximate surface area is 98.3 Å². The van der Waals surface area contributed by atoms with E-state index in [1.807, 2.05) is 0 Å². The molecule has 1 heterocycles. The van der Waals surface area contributed by atoms with Gasteiger partial charge in [-0.1, -0.05) is 0 Å². The molecule has 1 aliphatic rings. The second-order valence-corrected chi connectivity index (χ2v) is 3.95. The number of hydrogen-bond donors (Lipinski definition) is 1. The number of nitrogens with two attached hydrogens (primary N) is 1. The number of methoxy groups -OCH3 is 1. The summed E-state index contributed by atoms with van der Waals surface area (Å²) in [6.45, 7) is -0.384. The molecule has 1 aromatic heterocycles. The van der Waals surface area contributed by atoms with Gasteiger partial charge in [0.25, 0.3) is 0 Å². The molecule has 0 bridgehead atoms. The van der Waals surface area contributed by atoms with E-state index in [2.05, 4.69) is 4.74 Å². The van der Waals surface area contributed by atoms with Crippen molar-refractivity contribution in [3.05, 3.63) is 18.0 Å². The quantitative estimate of drug-likeness (QED) is 0.782. The fraction of sp³-hybridized carbons (Fsp3) is 0.455. The smallest absolute Gasteiger partial charge is 0.355 e. The molecule has 0 aromatic carbocycles. The highest BCUT2D eigenvalue weighted by Crippen LogP contribution is 2.37. The normalized spacial score (nSPS) is 14.4. The summed E-state index contributed by atoms with van der Waals surface area (Å²) in [6, 6.07) is 1.88. The van der Waals surface area contributed by atoms with Crippen LogP contribution in [0.5, 0.6) is 0 Å². The highest BCUT2D eigenvalue weighted by atomic mass is 16.6. The average molecular weight is 238 g/mol.